The molecule has 2 heteroatoms. The monoisotopic (exact) mass is 128 g/mol. The van der Waals surface area contributed by atoms with E-state index >= 15 is 0 Å². The van der Waals surface area contributed by atoms with Crippen LogP contribution in [0.4, 0.5) is 0 Å². The summed E-state index contributed by atoms with van der Waals surface area (Å²) >= 11 is 0. The average Bonchev–Trinajstić information content (AvgIpc) is 1.95. The lowest BCUT2D eigenvalue weighted by Gasteiger charge is -1.92. The van der Waals surface area contributed by atoms with Crippen molar-refractivity contribution in [3.05, 3.63) is 36.8 Å². The largest absolute Gasteiger partial charge is 0.282 e. The minimum atomic E-state index is 0.486. The molecule has 1 rings (SSSR count). The van der Waals surface area contributed by atoms with Gasteiger partial charge in [-0.3, -0.25) is 0 Å². The maximum absolute atomic E-state index is 8.32. The predicted octanol–water partition coefficient (Wildman–Crippen LogP) is 0.412. The molecule has 0 saturated carbocycles. The molecule has 0 atom stereocenters. The number of nitriles is 1. The van der Waals surface area contributed by atoms with Gasteiger partial charge in [0.15, 0.2) is 0 Å². The Morgan fingerprint density at radius 2 is 1.90 bits per heavy atom. The number of nitrogens with zero attached hydrogens (tertiary/aromatic N) is 1. The van der Waals surface area contributed by atoms with Crippen LogP contribution >= 0.6 is 0 Å². The number of hydrogen-bond donors (Lipinski definition) is 0. The molecule has 47 valence electrons. The van der Waals surface area contributed by atoms with Gasteiger partial charge in [-0.1, -0.05) is 29.7 Å². The first-order valence-electron chi connectivity index (χ1n) is 3.11. The van der Waals surface area contributed by atoms with Gasteiger partial charge in [-0.25, -0.2) is 5.26 Å². The van der Waals surface area contributed by atoms with Crippen LogP contribution in [-0.2, 0) is 0 Å². The van der Waals surface area contributed by atoms with E-state index in [1.54, 1.807) is 0 Å². The molecule has 0 aliphatic rings. The Kier molecular flexibility index (Phi) is 2.12. The Hall–Kier alpha value is -1.23. The van der Waals surface area contributed by atoms with Gasteiger partial charge in [0.25, 0.3) is 7.28 Å². The summed E-state index contributed by atoms with van der Waals surface area (Å²) in [5.74, 6) is 2.08. The third-order valence-corrected chi connectivity index (χ3v) is 1.31. The highest BCUT2D eigenvalue weighted by atomic mass is 14.2. The van der Waals surface area contributed by atoms with Gasteiger partial charge in [-0.15, -0.1) is 0 Å². The molecule has 0 aliphatic carbocycles. The van der Waals surface area contributed by atoms with Gasteiger partial charge >= 0.3 is 0 Å². The van der Waals surface area contributed by atoms with Crippen LogP contribution in [0.1, 0.15) is 5.56 Å². The molecule has 0 heterocycles. The molecule has 1 radical (unpaired) electrons. The maximum atomic E-state index is 8.32. The van der Waals surface area contributed by atoms with Crippen molar-refractivity contribution in [3.8, 4) is 5.97 Å². The normalized spacial score (nSPS) is 8.40. The SMILES string of the molecule is [CH2]c1ccc(BC#N)cc1. The molecule has 1 aromatic rings. The van der Waals surface area contributed by atoms with Crippen molar-refractivity contribution in [3.63, 3.8) is 0 Å². The Labute approximate surface area is 61.5 Å². The smallest absolute Gasteiger partial charge is 0.213 e. The van der Waals surface area contributed by atoms with E-state index < -0.39 is 0 Å². The van der Waals surface area contributed by atoms with Crippen LogP contribution in [0.5, 0.6) is 0 Å². The van der Waals surface area contributed by atoms with Crippen LogP contribution in [-0.4, -0.2) is 7.28 Å². The van der Waals surface area contributed by atoms with E-state index in [1.807, 2.05) is 24.3 Å². The van der Waals surface area contributed by atoms with Gasteiger partial charge < -0.3 is 0 Å². The fraction of sp³-hybridized carbons (Fsp3) is 0. The van der Waals surface area contributed by atoms with E-state index in [0.29, 0.717) is 7.28 Å². The number of rotatable bonds is 1. The summed E-state index contributed by atoms with van der Waals surface area (Å²) in [4.78, 5) is 0. The van der Waals surface area contributed by atoms with Crippen LogP contribution in [0, 0.1) is 18.2 Å². The highest BCUT2D eigenvalue weighted by molar-refractivity contribution is 6.60. The third kappa shape index (κ3) is 1.63. The quantitative estimate of drug-likeness (QED) is 0.502. The first-order chi connectivity index (χ1) is 4.83. The van der Waals surface area contributed by atoms with E-state index in [1.165, 1.54) is 0 Å². The molecule has 0 fully saturated rings. The molecule has 0 bridgehead atoms. The van der Waals surface area contributed by atoms with Crippen LogP contribution in [0.3, 0.4) is 0 Å². The molecule has 1 nitrogen and oxygen atoms in total. The molecular weight excluding hydrogens is 121 g/mol. The van der Waals surface area contributed by atoms with E-state index in [0.717, 1.165) is 11.0 Å². The van der Waals surface area contributed by atoms with E-state index in [2.05, 4.69) is 12.9 Å². The molecule has 0 spiro atoms. The first-order valence-corrected chi connectivity index (χ1v) is 3.11. The van der Waals surface area contributed by atoms with Crippen molar-refractivity contribution < 1.29 is 0 Å². The van der Waals surface area contributed by atoms with Crippen molar-refractivity contribution >= 4 is 12.7 Å². The summed E-state index contributed by atoms with van der Waals surface area (Å²) in [5.41, 5.74) is 2.04. The standard InChI is InChI=1S/C8H7BN/c1-7-2-4-8(5-3-7)9-6-10/h2-5,9H,1H2. The summed E-state index contributed by atoms with van der Waals surface area (Å²) in [7, 11) is 0.486. The molecule has 10 heavy (non-hydrogen) atoms. The van der Waals surface area contributed by atoms with E-state index in [-0.39, 0.29) is 0 Å². The van der Waals surface area contributed by atoms with Crippen molar-refractivity contribution in [1.82, 2.24) is 0 Å². The second-order valence-electron chi connectivity index (χ2n) is 2.15. The van der Waals surface area contributed by atoms with Crippen LogP contribution < -0.4 is 5.46 Å². The van der Waals surface area contributed by atoms with Crippen molar-refractivity contribution in [2.45, 2.75) is 0 Å². The fourth-order valence-corrected chi connectivity index (χ4v) is 0.748. The van der Waals surface area contributed by atoms with Crippen molar-refractivity contribution in [2.24, 2.45) is 0 Å². The van der Waals surface area contributed by atoms with Crippen molar-refractivity contribution in [2.75, 3.05) is 0 Å². The van der Waals surface area contributed by atoms with Crippen LogP contribution in [0.2, 0.25) is 0 Å². The van der Waals surface area contributed by atoms with Crippen LogP contribution in [0.25, 0.3) is 0 Å². The second-order valence-corrected chi connectivity index (χ2v) is 2.15. The molecule has 0 N–H and O–H groups in total. The summed E-state index contributed by atoms with van der Waals surface area (Å²) in [6, 6.07) is 7.66. The lowest BCUT2D eigenvalue weighted by atomic mass is 9.72. The molecule has 0 amide bonds. The van der Waals surface area contributed by atoms with E-state index in [4.69, 9.17) is 5.26 Å². The van der Waals surface area contributed by atoms with Gasteiger partial charge in [0, 0.05) is 5.97 Å². The fourth-order valence-electron chi connectivity index (χ4n) is 0.748. The zero-order chi connectivity index (χ0) is 7.40. The molecular formula is C8H7BN. The highest BCUT2D eigenvalue weighted by Crippen LogP contribution is 1.91. The topological polar surface area (TPSA) is 23.8 Å². The predicted molar refractivity (Wildman–Crippen MR) is 43.3 cm³/mol. The Morgan fingerprint density at radius 3 is 2.40 bits per heavy atom. The van der Waals surface area contributed by atoms with Gasteiger partial charge in [-0.2, -0.15) is 0 Å². The first kappa shape index (κ1) is 6.89. The third-order valence-electron chi connectivity index (χ3n) is 1.31. The zero-order valence-electron chi connectivity index (χ0n) is 5.67. The highest BCUT2D eigenvalue weighted by Gasteiger charge is 1.91. The molecule has 0 unspecified atom stereocenters. The van der Waals surface area contributed by atoms with Gasteiger partial charge in [0.2, 0.25) is 0 Å². The molecule has 1 aromatic carbocycles. The average molecular weight is 128 g/mol. The number of benzene rings is 1. The zero-order valence-corrected chi connectivity index (χ0v) is 5.67. The second kappa shape index (κ2) is 3.07. The van der Waals surface area contributed by atoms with Crippen molar-refractivity contribution in [1.29, 1.82) is 5.26 Å². The lowest BCUT2D eigenvalue weighted by Crippen LogP contribution is -2.10. The summed E-state index contributed by atoms with van der Waals surface area (Å²) in [5, 5.41) is 8.32. The lowest BCUT2D eigenvalue weighted by molar-refractivity contribution is 1.56. The van der Waals surface area contributed by atoms with E-state index in [9.17, 15) is 0 Å². The summed E-state index contributed by atoms with van der Waals surface area (Å²) in [6.45, 7) is 3.74. The molecule has 0 aliphatic heterocycles. The minimum Gasteiger partial charge on any atom is -0.213 e. The Bertz CT molecular complexity index is 245. The minimum absolute atomic E-state index is 0.486. The van der Waals surface area contributed by atoms with Gasteiger partial charge in [-0.05, 0) is 12.5 Å². The van der Waals surface area contributed by atoms with Gasteiger partial charge in [0.05, 0.1) is 0 Å². The van der Waals surface area contributed by atoms with Gasteiger partial charge in [0.1, 0.15) is 0 Å². The van der Waals surface area contributed by atoms with Crippen LogP contribution in [0.15, 0.2) is 24.3 Å². The molecule has 0 saturated heterocycles. The number of hydrogen-bond acceptors (Lipinski definition) is 1. The molecule has 0 aromatic heterocycles. The summed E-state index contributed by atoms with van der Waals surface area (Å²) < 4.78 is 0. The summed E-state index contributed by atoms with van der Waals surface area (Å²) in [6.07, 6.45) is 0. The Balaban J connectivity index is 2.81. The Morgan fingerprint density at radius 1 is 1.30 bits per heavy atom. The maximum Gasteiger partial charge on any atom is 0.282 e.